The van der Waals surface area contributed by atoms with Gasteiger partial charge in [0.2, 0.25) is 0 Å². The summed E-state index contributed by atoms with van der Waals surface area (Å²) >= 11 is 11.9. The SMILES string of the molecule is O=C(COC(=O)c1cccc(Cl)c1Cl)NC1CCCc2ccccc21. The Bertz CT molecular complexity index is 807. The van der Waals surface area contributed by atoms with Gasteiger partial charge in [-0.3, -0.25) is 4.79 Å². The van der Waals surface area contributed by atoms with E-state index < -0.39 is 5.97 Å². The second kappa shape index (κ2) is 7.89. The van der Waals surface area contributed by atoms with Crippen molar-refractivity contribution in [3.63, 3.8) is 0 Å². The van der Waals surface area contributed by atoms with Crippen LogP contribution < -0.4 is 5.32 Å². The number of aryl methyl sites for hydroxylation is 1. The third-order valence-electron chi connectivity index (χ3n) is 4.21. The van der Waals surface area contributed by atoms with E-state index in [1.807, 2.05) is 18.2 Å². The Morgan fingerprint density at radius 2 is 1.92 bits per heavy atom. The standard InChI is InChI=1S/C19H17Cl2NO3/c20-15-9-4-8-14(18(15)21)19(24)25-11-17(23)22-16-10-3-6-12-5-1-2-7-13(12)16/h1-2,4-5,7-9,16H,3,6,10-11H2,(H,22,23). The summed E-state index contributed by atoms with van der Waals surface area (Å²) in [5, 5.41) is 3.32. The highest BCUT2D eigenvalue weighted by molar-refractivity contribution is 6.43. The number of rotatable bonds is 4. The average molecular weight is 378 g/mol. The van der Waals surface area contributed by atoms with Gasteiger partial charge in [0, 0.05) is 0 Å². The molecule has 0 saturated heterocycles. The number of nitrogens with one attached hydrogen (secondary N) is 1. The summed E-state index contributed by atoms with van der Waals surface area (Å²) in [4.78, 5) is 24.2. The predicted octanol–water partition coefficient (Wildman–Crippen LogP) is 4.34. The van der Waals surface area contributed by atoms with Crippen LogP contribution in [0.25, 0.3) is 0 Å². The fraction of sp³-hybridized carbons (Fsp3) is 0.263. The highest BCUT2D eigenvalue weighted by Crippen LogP contribution is 2.29. The van der Waals surface area contributed by atoms with Crippen molar-refractivity contribution >= 4 is 35.1 Å². The molecule has 6 heteroatoms. The second-order valence-corrected chi connectivity index (χ2v) is 6.67. The maximum Gasteiger partial charge on any atom is 0.340 e. The minimum absolute atomic E-state index is 0.0501. The molecule has 0 aliphatic heterocycles. The van der Waals surface area contributed by atoms with E-state index in [2.05, 4.69) is 11.4 Å². The largest absolute Gasteiger partial charge is 0.452 e. The quantitative estimate of drug-likeness (QED) is 0.806. The van der Waals surface area contributed by atoms with Crippen LogP contribution in [0.1, 0.15) is 40.4 Å². The molecule has 0 aromatic heterocycles. The molecule has 0 fully saturated rings. The minimum Gasteiger partial charge on any atom is -0.452 e. The summed E-state index contributed by atoms with van der Waals surface area (Å²) in [6, 6.07) is 12.7. The molecule has 1 aliphatic rings. The average Bonchev–Trinajstić information content (AvgIpc) is 2.62. The van der Waals surface area contributed by atoms with Gasteiger partial charge in [0.25, 0.3) is 5.91 Å². The van der Waals surface area contributed by atoms with Crippen molar-refractivity contribution in [2.24, 2.45) is 0 Å². The number of carbonyl (C=O) groups is 2. The van der Waals surface area contributed by atoms with Gasteiger partial charge in [0.05, 0.1) is 21.7 Å². The summed E-state index contributed by atoms with van der Waals surface area (Å²) in [7, 11) is 0. The van der Waals surface area contributed by atoms with Crippen LogP contribution in [0, 0.1) is 0 Å². The van der Waals surface area contributed by atoms with Crippen LogP contribution in [-0.4, -0.2) is 18.5 Å². The minimum atomic E-state index is -0.674. The molecule has 130 valence electrons. The Morgan fingerprint density at radius 1 is 1.12 bits per heavy atom. The number of ether oxygens (including phenoxy) is 1. The van der Waals surface area contributed by atoms with Crippen molar-refractivity contribution in [3.8, 4) is 0 Å². The van der Waals surface area contributed by atoms with Crippen molar-refractivity contribution in [1.82, 2.24) is 5.32 Å². The van der Waals surface area contributed by atoms with E-state index in [4.69, 9.17) is 27.9 Å². The Kier molecular flexibility index (Phi) is 5.61. The second-order valence-electron chi connectivity index (χ2n) is 5.89. The molecule has 3 rings (SSSR count). The molecule has 4 nitrogen and oxygen atoms in total. The van der Waals surface area contributed by atoms with Crippen molar-refractivity contribution < 1.29 is 14.3 Å². The summed E-state index contributed by atoms with van der Waals surface area (Å²) in [6.07, 6.45) is 2.90. The van der Waals surface area contributed by atoms with Gasteiger partial charge < -0.3 is 10.1 Å². The van der Waals surface area contributed by atoms with E-state index in [1.165, 1.54) is 11.6 Å². The highest BCUT2D eigenvalue weighted by Gasteiger charge is 2.22. The van der Waals surface area contributed by atoms with Crippen LogP contribution in [-0.2, 0) is 16.0 Å². The maximum atomic E-state index is 12.2. The van der Waals surface area contributed by atoms with Gasteiger partial charge in [-0.05, 0) is 42.5 Å². The molecule has 1 atom stereocenters. The third-order valence-corrected chi connectivity index (χ3v) is 5.03. The van der Waals surface area contributed by atoms with E-state index >= 15 is 0 Å². The Labute approximate surface area is 156 Å². The zero-order chi connectivity index (χ0) is 17.8. The molecule has 0 spiro atoms. The zero-order valence-electron chi connectivity index (χ0n) is 13.4. The van der Waals surface area contributed by atoms with Gasteiger partial charge in [-0.2, -0.15) is 0 Å². The first kappa shape index (κ1) is 17.8. The molecule has 1 aliphatic carbocycles. The first-order valence-electron chi connectivity index (χ1n) is 8.04. The predicted molar refractivity (Wildman–Crippen MR) is 97.0 cm³/mol. The Hall–Kier alpha value is -2.04. The molecule has 0 bridgehead atoms. The van der Waals surface area contributed by atoms with E-state index in [-0.39, 0.29) is 34.2 Å². The van der Waals surface area contributed by atoms with Crippen molar-refractivity contribution in [1.29, 1.82) is 0 Å². The molecule has 1 N–H and O–H groups in total. The Balaban J connectivity index is 1.59. The van der Waals surface area contributed by atoms with Gasteiger partial charge >= 0.3 is 5.97 Å². The normalized spacial score (nSPS) is 16.0. The molecule has 2 aromatic carbocycles. The number of carbonyl (C=O) groups excluding carboxylic acids is 2. The number of benzene rings is 2. The van der Waals surface area contributed by atoms with E-state index in [1.54, 1.807) is 12.1 Å². The lowest BCUT2D eigenvalue weighted by Gasteiger charge is -2.26. The summed E-state index contributed by atoms with van der Waals surface area (Å²) < 4.78 is 5.06. The van der Waals surface area contributed by atoms with Gasteiger partial charge in [-0.25, -0.2) is 4.79 Å². The Morgan fingerprint density at radius 3 is 2.76 bits per heavy atom. The zero-order valence-corrected chi connectivity index (χ0v) is 14.9. The first-order valence-corrected chi connectivity index (χ1v) is 8.80. The van der Waals surface area contributed by atoms with Crippen LogP contribution in [0.3, 0.4) is 0 Å². The fourth-order valence-electron chi connectivity index (χ4n) is 3.01. The molecular weight excluding hydrogens is 361 g/mol. The maximum absolute atomic E-state index is 12.2. The van der Waals surface area contributed by atoms with Crippen LogP contribution in [0.5, 0.6) is 0 Å². The van der Waals surface area contributed by atoms with Crippen molar-refractivity contribution in [3.05, 3.63) is 69.2 Å². The van der Waals surface area contributed by atoms with E-state index in [9.17, 15) is 9.59 Å². The smallest absolute Gasteiger partial charge is 0.340 e. The van der Waals surface area contributed by atoms with E-state index in [0.29, 0.717) is 0 Å². The molecule has 1 unspecified atom stereocenters. The number of hydrogen-bond donors (Lipinski definition) is 1. The monoisotopic (exact) mass is 377 g/mol. The number of fused-ring (bicyclic) bond motifs is 1. The van der Waals surface area contributed by atoms with Crippen LogP contribution in [0.15, 0.2) is 42.5 Å². The van der Waals surface area contributed by atoms with Crippen molar-refractivity contribution in [2.45, 2.75) is 25.3 Å². The summed E-state index contributed by atoms with van der Waals surface area (Å²) in [5.74, 6) is -1.01. The lowest BCUT2D eigenvalue weighted by atomic mass is 9.88. The van der Waals surface area contributed by atoms with Gasteiger partial charge in [0.15, 0.2) is 6.61 Å². The summed E-state index contributed by atoms with van der Waals surface area (Å²) in [6.45, 7) is -0.361. The molecule has 0 heterocycles. The number of halogens is 2. The molecule has 25 heavy (non-hydrogen) atoms. The third kappa shape index (κ3) is 4.14. The van der Waals surface area contributed by atoms with Crippen LogP contribution in [0.2, 0.25) is 10.0 Å². The molecule has 2 aromatic rings. The molecule has 0 saturated carbocycles. The molecular formula is C19H17Cl2NO3. The first-order chi connectivity index (χ1) is 12.1. The van der Waals surface area contributed by atoms with Gasteiger partial charge in [-0.15, -0.1) is 0 Å². The fourth-order valence-corrected chi connectivity index (χ4v) is 3.39. The summed E-state index contributed by atoms with van der Waals surface area (Å²) in [5.41, 5.74) is 2.53. The number of hydrogen-bond acceptors (Lipinski definition) is 3. The highest BCUT2D eigenvalue weighted by atomic mass is 35.5. The number of amides is 1. The van der Waals surface area contributed by atoms with Gasteiger partial charge in [-0.1, -0.05) is 53.5 Å². The molecule has 0 radical (unpaired) electrons. The van der Waals surface area contributed by atoms with Gasteiger partial charge in [0.1, 0.15) is 0 Å². The topological polar surface area (TPSA) is 55.4 Å². The van der Waals surface area contributed by atoms with E-state index in [0.717, 1.165) is 24.8 Å². The lowest BCUT2D eigenvalue weighted by molar-refractivity contribution is -0.125. The number of esters is 1. The van der Waals surface area contributed by atoms with Crippen molar-refractivity contribution in [2.75, 3.05) is 6.61 Å². The molecule has 1 amide bonds. The lowest BCUT2D eigenvalue weighted by Crippen LogP contribution is -2.34. The van der Waals surface area contributed by atoms with Crippen LogP contribution in [0.4, 0.5) is 0 Å². The van der Waals surface area contributed by atoms with Crippen LogP contribution >= 0.6 is 23.2 Å².